The molecule has 0 saturated carbocycles. The lowest BCUT2D eigenvalue weighted by Crippen LogP contribution is -2.02. The Kier molecular flexibility index (Phi) is 3.61. The fraction of sp³-hybridized carbons (Fsp3) is 0.154. The molecule has 1 aromatic heterocycles. The van der Waals surface area contributed by atoms with Crippen molar-refractivity contribution >= 4 is 11.7 Å². The molecule has 0 aliphatic heterocycles. The van der Waals surface area contributed by atoms with Gasteiger partial charge in [-0.25, -0.2) is 4.79 Å². The van der Waals surface area contributed by atoms with Crippen LogP contribution in [-0.2, 0) is 4.74 Å². The Bertz CT molecular complexity index is 617. The van der Waals surface area contributed by atoms with Gasteiger partial charge in [0.25, 0.3) is 5.69 Å². The van der Waals surface area contributed by atoms with Crippen LogP contribution < -0.4 is 0 Å². The van der Waals surface area contributed by atoms with Crippen LogP contribution in [0, 0.1) is 10.1 Å². The van der Waals surface area contributed by atoms with E-state index >= 15 is 0 Å². The summed E-state index contributed by atoms with van der Waals surface area (Å²) < 4.78 is 10.1. The zero-order valence-corrected chi connectivity index (χ0v) is 10.2. The number of nitro groups is 1. The maximum absolute atomic E-state index is 11.5. The maximum atomic E-state index is 11.5. The average Bonchev–Trinajstić information content (AvgIpc) is 2.89. The first-order valence-electron chi connectivity index (χ1n) is 5.62. The molecule has 0 radical (unpaired) electrons. The first-order valence-corrected chi connectivity index (χ1v) is 5.62. The molecule has 2 aromatic rings. The van der Waals surface area contributed by atoms with Gasteiger partial charge in [0.2, 0.25) is 0 Å². The van der Waals surface area contributed by atoms with Crippen LogP contribution in [0.5, 0.6) is 0 Å². The van der Waals surface area contributed by atoms with Crippen LogP contribution in [0.2, 0.25) is 0 Å². The Labute approximate surface area is 108 Å². The molecular weight excluding hydrogens is 250 g/mol. The van der Waals surface area contributed by atoms with Crippen LogP contribution in [0.25, 0.3) is 11.3 Å². The third kappa shape index (κ3) is 2.79. The van der Waals surface area contributed by atoms with Crippen molar-refractivity contribution in [1.29, 1.82) is 0 Å². The van der Waals surface area contributed by atoms with Gasteiger partial charge in [0, 0.05) is 17.7 Å². The van der Waals surface area contributed by atoms with E-state index in [9.17, 15) is 14.9 Å². The van der Waals surface area contributed by atoms with Gasteiger partial charge >= 0.3 is 5.97 Å². The van der Waals surface area contributed by atoms with E-state index in [0.717, 1.165) is 0 Å². The fourth-order valence-corrected chi connectivity index (χ4v) is 1.58. The minimum atomic E-state index is -0.487. The Hall–Kier alpha value is -2.63. The van der Waals surface area contributed by atoms with E-state index in [2.05, 4.69) is 0 Å². The second kappa shape index (κ2) is 5.34. The topological polar surface area (TPSA) is 82.6 Å². The van der Waals surface area contributed by atoms with E-state index in [1.165, 1.54) is 24.5 Å². The molecule has 0 amide bonds. The van der Waals surface area contributed by atoms with E-state index in [1.807, 2.05) is 0 Å². The molecule has 0 aliphatic carbocycles. The van der Waals surface area contributed by atoms with Gasteiger partial charge < -0.3 is 9.15 Å². The van der Waals surface area contributed by atoms with Gasteiger partial charge in [-0.1, -0.05) is 12.1 Å². The van der Waals surface area contributed by atoms with Crippen molar-refractivity contribution in [2.45, 2.75) is 6.92 Å². The quantitative estimate of drug-likeness (QED) is 0.480. The van der Waals surface area contributed by atoms with Gasteiger partial charge in [0.1, 0.15) is 12.0 Å². The van der Waals surface area contributed by atoms with Crippen molar-refractivity contribution in [2.24, 2.45) is 0 Å². The molecule has 2 rings (SSSR count). The molecule has 0 N–H and O–H groups in total. The smallest absolute Gasteiger partial charge is 0.341 e. The first kappa shape index (κ1) is 12.8. The lowest BCUT2D eigenvalue weighted by Gasteiger charge is -1.97. The van der Waals surface area contributed by atoms with Crippen molar-refractivity contribution in [3.8, 4) is 11.3 Å². The molecule has 0 spiro atoms. The second-order valence-corrected chi connectivity index (χ2v) is 3.73. The van der Waals surface area contributed by atoms with Gasteiger partial charge in [-0.05, 0) is 13.0 Å². The summed E-state index contributed by atoms with van der Waals surface area (Å²) in [5.74, 6) is -0.102. The summed E-state index contributed by atoms with van der Waals surface area (Å²) in [5, 5.41) is 10.7. The minimum absolute atomic E-state index is 0.0356. The molecule has 0 unspecified atom stereocenters. The van der Waals surface area contributed by atoms with Crippen LogP contribution >= 0.6 is 0 Å². The van der Waals surface area contributed by atoms with E-state index in [1.54, 1.807) is 19.1 Å². The monoisotopic (exact) mass is 261 g/mol. The molecule has 0 saturated heterocycles. The standard InChI is InChI=1S/C13H11NO5/c1-2-18-13(15)10-7-12(19-8-10)9-4-3-5-11(6-9)14(16)17/h3-8H,2H2,1H3. The van der Waals surface area contributed by atoms with Gasteiger partial charge in [0.05, 0.1) is 17.1 Å². The molecule has 0 bridgehead atoms. The number of carbonyl (C=O) groups is 1. The zero-order chi connectivity index (χ0) is 13.8. The van der Waals surface area contributed by atoms with Gasteiger partial charge in [-0.15, -0.1) is 0 Å². The molecule has 19 heavy (non-hydrogen) atoms. The molecule has 0 fully saturated rings. The van der Waals surface area contributed by atoms with Gasteiger partial charge in [-0.3, -0.25) is 10.1 Å². The van der Waals surface area contributed by atoms with Crippen molar-refractivity contribution in [3.63, 3.8) is 0 Å². The molecule has 0 aliphatic rings. The van der Waals surface area contributed by atoms with Crippen LogP contribution in [-0.4, -0.2) is 17.5 Å². The Balaban J connectivity index is 2.30. The third-order valence-electron chi connectivity index (χ3n) is 2.45. The summed E-state index contributed by atoms with van der Waals surface area (Å²) in [7, 11) is 0. The van der Waals surface area contributed by atoms with Crippen LogP contribution in [0.3, 0.4) is 0 Å². The second-order valence-electron chi connectivity index (χ2n) is 3.73. The Morgan fingerprint density at radius 1 is 1.42 bits per heavy atom. The molecule has 6 heteroatoms. The molecule has 6 nitrogen and oxygen atoms in total. The molecule has 1 aromatic carbocycles. The van der Waals surface area contributed by atoms with E-state index < -0.39 is 10.9 Å². The zero-order valence-electron chi connectivity index (χ0n) is 10.2. The lowest BCUT2D eigenvalue weighted by molar-refractivity contribution is -0.384. The number of carbonyl (C=O) groups excluding carboxylic acids is 1. The van der Waals surface area contributed by atoms with E-state index in [0.29, 0.717) is 11.3 Å². The predicted molar refractivity (Wildman–Crippen MR) is 66.8 cm³/mol. The predicted octanol–water partition coefficient (Wildman–Crippen LogP) is 3.03. The number of rotatable bonds is 4. The fourth-order valence-electron chi connectivity index (χ4n) is 1.58. The minimum Gasteiger partial charge on any atom is -0.463 e. The molecular formula is C13H11NO5. The van der Waals surface area contributed by atoms with Crippen molar-refractivity contribution in [1.82, 2.24) is 0 Å². The highest BCUT2D eigenvalue weighted by molar-refractivity contribution is 5.90. The van der Waals surface area contributed by atoms with Crippen LogP contribution in [0.1, 0.15) is 17.3 Å². The van der Waals surface area contributed by atoms with E-state index in [4.69, 9.17) is 9.15 Å². The Morgan fingerprint density at radius 2 is 2.21 bits per heavy atom. The molecule has 0 atom stereocenters. The summed E-state index contributed by atoms with van der Waals surface area (Å²) in [6.07, 6.45) is 1.27. The normalized spacial score (nSPS) is 10.2. The summed E-state index contributed by atoms with van der Waals surface area (Å²) in [4.78, 5) is 21.7. The number of ether oxygens (including phenoxy) is 1. The number of hydrogen-bond acceptors (Lipinski definition) is 5. The Morgan fingerprint density at radius 3 is 2.89 bits per heavy atom. The van der Waals surface area contributed by atoms with Gasteiger partial charge in [-0.2, -0.15) is 0 Å². The van der Waals surface area contributed by atoms with E-state index in [-0.39, 0.29) is 17.9 Å². The largest absolute Gasteiger partial charge is 0.463 e. The number of nitrogens with zero attached hydrogens (tertiary/aromatic N) is 1. The van der Waals surface area contributed by atoms with Crippen molar-refractivity contribution in [2.75, 3.05) is 6.61 Å². The number of non-ortho nitro benzene ring substituents is 1. The maximum Gasteiger partial charge on any atom is 0.341 e. The van der Waals surface area contributed by atoms with Crippen molar-refractivity contribution in [3.05, 3.63) is 52.3 Å². The molecule has 98 valence electrons. The lowest BCUT2D eigenvalue weighted by atomic mass is 10.1. The highest BCUT2D eigenvalue weighted by Crippen LogP contribution is 2.25. The number of furan rings is 1. The number of esters is 1. The summed E-state index contributed by atoms with van der Waals surface area (Å²) >= 11 is 0. The van der Waals surface area contributed by atoms with Crippen LogP contribution in [0.15, 0.2) is 41.0 Å². The highest BCUT2D eigenvalue weighted by atomic mass is 16.6. The number of hydrogen-bond donors (Lipinski definition) is 0. The van der Waals surface area contributed by atoms with Crippen molar-refractivity contribution < 1.29 is 18.9 Å². The summed E-state index contributed by atoms with van der Waals surface area (Å²) in [6.45, 7) is 1.98. The number of nitro benzene ring substituents is 1. The summed E-state index contributed by atoms with van der Waals surface area (Å²) in [6, 6.07) is 7.49. The summed E-state index contributed by atoms with van der Waals surface area (Å²) in [5.41, 5.74) is 0.777. The highest BCUT2D eigenvalue weighted by Gasteiger charge is 2.14. The average molecular weight is 261 g/mol. The number of benzene rings is 1. The third-order valence-corrected chi connectivity index (χ3v) is 2.45. The van der Waals surface area contributed by atoms with Crippen LogP contribution in [0.4, 0.5) is 5.69 Å². The molecule has 1 heterocycles. The SMILES string of the molecule is CCOC(=O)c1coc(-c2cccc([N+](=O)[O-])c2)c1. The first-order chi connectivity index (χ1) is 9.11. The van der Waals surface area contributed by atoms with Gasteiger partial charge in [0.15, 0.2) is 0 Å².